The van der Waals surface area contributed by atoms with Crippen LogP contribution in [0.25, 0.3) is 0 Å². The molecule has 4 saturated carbocycles. The lowest BCUT2D eigenvalue weighted by Gasteiger charge is -2.57. The standard InChI is InChI=1S/C19H25N3O2S/c1-2-24-17(23)16-15(4-3-5-20-16)21-18(25)22-19-9-12-6-13(10-19)8-14(7-12)11-19/h3-5,12-14H,2,6-11H2,1H3,(H2,21,22,25). The first-order valence-electron chi connectivity index (χ1n) is 9.28. The highest BCUT2D eigenvalue weighted by Crippen LogP contribution is 2.55. The molecule has 1 heterocycles. The highest BCUT2D eigenvalue weighted by atomic mass is 32.1. The molecule has 4 aliphatic carbocycles. The molecule has 134 valence electrons. The number of ether oxygens (including phenoxy) is 1. The first-order valence-corrected chi connectivity index (χ1v) is 9.69. The largest absolute Gasteiger partial charge is 0.461 e. The van der Waals surface area contributed by atoms with Crippen molar-refractivity contribution >= 4 is 29.0 Å². The van der Waals surface area contributed by atoms with Crippen LogP contribution < -0.4 is 10.6 Å². The number of hydrogen-bond donors (Lipinski definition) is 2. The second kappa shape index (κ2) is 6.56. The molecule has 6 heteroatoms. The summed E-state index contributed by atoms with van der Waals surface area (Å²) >= 11 is 5.58. The van der Waals surface area contributed by atoms with Gasteiger partial charge in [-0.3, -0.25) is 0 Å². The van der Waals surface area contributed by atoms with Crippen LogP contribution in [0.1, 0.15) is 55.9 Å². The van der Waals surface area contributed by atoms with Crippen molar-refractivity contribution < 1.29 is 9.53 Å². The normalized spacial score (nSPS) is 32.3. The lowest BCUT2D eigenvalue weighted by atomic mass is 9.53. The summed E-state index contributed by atoms with van der Waals surface area (Å²) in [7, 11) is 0. The van der Waals surface area contributed by atoms with Crippen LogP contribution in [0.3, 0.4) is 0 Å². The molecule has 0 aromatic carbocycles. The minimum atomic E-state index is -0.428. The first-order chi connectivity index (χ1) is 12.1. The summed E-state index contributed by atoms with van der Waals surface area (Å²) in [4.78, 5) is 16.2. The van der Waals surface area contributed by atoms with Gasteiger partial charge in [0.05, 0.1) is 12.3 Å². The summed E-state index contributed by atoms with van der Waals surface area (Å²) in [5.74, 6) is 2.14. The average molecular weight is 359 g/mol. The molecule has 0 saturated heterocycles. The Morgan fingerprint density at radius 3 is 2.52 bits per heavy atom. The van der Waals surface area contributed by atoms with Gasteiger partial charge in [0.25, 0.3) is 0 Å². The SMILES string of the molecule is CCOC(=O)c1ncccc1NC(=S)NC12CC3CC(CC(C3)C1)C2. The van der Waals surface area contributed by atoms with E-state index in [0.717, 1.165) is 17.8 Å². The zero-order valence-electron chi connectivity index (χ0n) is 14.6. The predicted molar refractivity (Wildman–Crippen MR) is 100 cm³/mol. The van der Waals surface area contributed by atoms with E-state index in [1.807, 2.05) is 6.07 Å². The van der Waals surface area contributed by atoms with E-state index in [0.29, 0.717) is 17.4 Å². The number of carbonyl (C=O) groups is 1. The van der Waals surface area contributed by atoms with Gasteiger partial charge in [0.2, 0.25) is 0 Å². The molecule has 5 nitrogen and oxygen atoms in total. The molecule has 0 atom stereocenters. The number of nitrogens with zero attached hydrogens (tertiary/aromatic N) is 1. The van der Waals surface area contributed by atoms with E-state index in [-0.39, 0.29) is 11.2 Å². The maximum Gasteiger partial charge on any atom is 0.359 e. The molecule has 4 bridgehead atoms. The van der Waals surface area contributed by atoms with Crippen molar-refractivity contribution in [2.45, 2.75) is 51.0 Å². The molecular formula is C19H25N3O2S. The number of esters is 1. The van der Waals surface area contributed by atoms with Gasteiger partial charge in [-0.05, 0) is 87.6 Å². The lowest BCUT2D eigenvalue weighted by Crippen LogP contribution is -2.60. The Labute approximate surface area is 153 Å². The van der Waals surface area contributed by atoms with Gasteiger partial charge in [0, 0.05) is 11.7 Å². The Bertz CT molecular complexity index is 656. The molecule has 0 amide bonds. The smallest absolute Gasteiger partial charge is 0.359 e. The number of carbonyl (C=O) groups excluding carboxylic acids is 1. The fourth-order valence-electron chi connectivity index (χ4n) is 5.53. The van der Waals surface area contributed by atoms with E-state index in [1.54, 1.807) is 19.2 Å². The fourth-order valence-corrected chi connectivity index (χ4v) is 5.85. The van der Waals surface area contributed by atoms with Crippen molar-refractivity contribution in [2.75, 3.05) is 11.9 Å². The van der Waals surface area contributed by atoms with Crippen LogP contribution >= 0.6 is 12.2 Å². The highest BCUT2D eigenvalue weighted by molar-refractivity contribution is 7.80. The van der Waals surface area contributed by atoms with Gasteiger partial charge >= 0.3 is 5.97 Å². The minimum absolute atomic E-state index is 0.144. The summed E-state index contributed by atoms with van der Waals surface area (Å²) in [5, 5.41) is 7.38. The molecule has 0 aliphatic heterocycles. The van der Waals surface area contributed by atoms with Crippen LogP contribution in [-0.2, 0) is 4.74 Å². The summed E-state index contributed by atoms with van der Waals surface area (Å²) in [6.45, 7) is 2.11. The van der Waals surface area contributed by atoms with Crippen LogP contribution in [-0.4, -0.2) is 28.2 Å². The van der Waals surface area contributed by atoms with E-state index in [4.69, 9.17) is 17.0 Å². The van der Waals surface area contributed by atoms with Crippen molar-refractivity contribution in [2.24, 2.45) is 17.8 Å². The van der Waals surface area contributed by atoms with Crippen LogP contribution in [0.15, 0.2) is 18.3 Å². The first kappa shape index (κ1) is 16.8. The van der Waals surface area contributed by atoms with Crippen molar-refractivity contribution in [1.29, 1.82) is 0 Å². The van der Waals surface area contributed by atoms with Gasteiger partial charge in [0.1, 0.15) is 0 Å². The van der Waals surface area contributed by atoms with Gasteiger partial charge in [-0.1, -0.05) is 0 Å². The molecule has 5 rings (SSSR count). The zero-order chi connectivity index (χ0) is 17.4. The minimum Gasteiger partial charge on any atom is -0.461 e. The van der Waals surface area contributed by atoms with Gasteiger partial charge < -0.3 is 15.4 Å². The molecular weight excluding hydrogens is 334 g/mol. The second-order valence-electron chi connectivity index (χ2n) is 7.90. The predicted octanol–water partition coefficient (Wildman–Crippen LogP) is 3.51. The van der Waals surface area contributed by atoms with Gasteiger partial charge in [-0.25, -0.2) is 9.78 Å². The number of pyridine rings is 1. The van der Waals surface area contributed by atoms with Gasteiger partial charge in [-0.2, -0.15) is 0 Å². The van der Waals surface area contributed by atoms with Crippen LogP contribution in [0.2, 0.25) is 0 Å². The third-order valence-electron chi connectivity index (χ3n) is 5.94. The molecule has 1 aromatic rings. The van der Waals surface area contributed by atoms with Crippen molar-refractivity contribution in [3.63, 3.8) is 0 Å². The Kier molecular flexibility index (Phi) is 4.40. The lowest BCUT2D eigenvalue weighted by molar-refractivity contribution is -0.00972. The molecule has 25 heavy (non-hydrogen) atoms. The summed E-state index contributed by atoms with van der Waals surface area (Å²) in [6, 6.07) is 3.60. The molecule has 4 aliphatic rings. The zero-order valence-corrected chi connectivity index (χ0v) is 15.4. The highest BCUT2D eigenvalue weighted by Gasteiger charge is 2.51. The summed E-state index contributed by atoms with van der Waals surface area (Å²) < 4.78 is 5.08. The number of anilines is 1. The van der Waals surface area contributed by atoms with Crippen LogP contribution in [0, 0.1) is 17.8 Å². The van der Waals surface area contributed by atoms with Gasteiger partial charge in [-0.15, -0.1) is 0 Å². The summed E-state index contributed by atoms with van der Waals surface area (Å²) in [5.41, 5.74) is 1.02. The molecule has 0 radical (unpaired) electrons. The van der Waals surface area contributed by atoms with Crippen LogP contribution in [0.4, 0.5) is 5.69 Å². The Hall–Kier alpha value is -1.69. The maximum atomic E-state index is 12.1. The topological polar surface area (TPSA) is 63.2 Å². The third kappa shape index (κ3) is 3.36. The monoisotopic (exact) mass is 359 g/mol. The van der Waals surface area contributed by atoms with Gasteiger partial charge in [0.15, 0.2) is 10.8 Å². The Morgan fingerprint density at radius 2 is 1.92 bits per heavy atom. The second-order valence-corrected chi connectivity index (χ2v) is 8.31. The number of hydrogen-bond acceptors (Lipinski definition) is 4. The van der Waals surface area contributed by atoms with E-state index in [9.17, 15) is 4.79 Å². The quantitative estimate of drug-likeness (QED) is 0.634. The Morgan fingerprint density at radius 1 is 1.28 bits per heavy atom. The van der Waals surface area contributed by atoms with E-state index in [1.165, 1.54) is 38.5 Å². The maximum absolute atomic E-state index is 12.1. The van der Waals surface area contributed by atoms with Crippen molar-refractivity contribution in [3.8, 4) is 0 Å². The molecule has 1 aromatic heterocycles. The van der Waals surface area contributed by atoms with E-state index < -0.39 is 5.97 Å². The number of thiocarbonyl (C=S) groups is 1. The van der Waals surface area contributed by atoms with Crippen molar-refractivity contribution in [1.82, 2.24) is 10.3 Å². The molecule has 0 spiro atoms. The molecule has 2 N–H and O–H groups in total. The fraction of sp³-hybridized carbons (Fsp3) is 0.632. The van der Waals surface area contributed by atoms with Crippen LogP contribution in [0.5, 0.6) is 0 Å². The van der Waals surface area contributed by atoms with E-state index in [2.05, 4.69) is 15.6 Å². The van der Waals surface area contributed by atoms with E-state index >= 15 is 0 Å². The number of nitrogens with one attached hydrogen (secondary N) is 2. The Balaban J connectivity index is 1.46. The third-order valence-corrected chi connectivity index (χ3v) is 6.15. The molecule has 0 unspecified atom stereocenters. The number of aromatic nitrogens is 1. The average Bonchev–Trinajstić information content (AvgIpc) is 2.53. The van der Waals surface area contributed by atoms with Crippen molar-refractivity contribution in [3.05, 3.63) is 24.0 Å². The summed E-state index contributed by atoms with van der Waals surface area (Å²) in [6.07, 6.45) is 9.45. The number of rotatable bonds is 4. The molecule has 4 fully saturated rings.